The number of halogens is 1. The third kappa shape index (κ3) is 6.65. The molecule has 2 rings (SSSR count). The van der Waals surface area contributed by atoms with Crippen LogP contribution in [-0.2, 0) is 4.79 Å². The predicted molar refractivity (Wildman–Crippen MR) is 109 cm³/mol. The smallest absolute Gasteiger partial charge is 0.336 e. The molecule has 0 aromatic heterocycles. The van der Waals surface area contributed by atoms with E-state index in [2.05, 4.69) is 6.92 Å². The lowest BCUT2D eigenvalue weighted by molar-refractivity contribution is -0.128. The first-order chi connectivity index (χ1) is 13.0. The Bertz CT molecular complexity index is 799. The van der Waals surface area contributed by atoms with E-state index >= 15 is 0 Å². The van der Waals surface area contributed by atoms with Gasteiger partial charge >= 0.3 is 5.97 Å². The van der Waals surface area contributed by atoms with Gasteiger partial charge < -0.3 is 14.2 Å². The summed E-state index contributed by atoms with van der Waals surface area (Å²) in [6.45, 7) is 4.65. The predicted octanol–water partition coefficient (Wildman–Crippen LogP) is 5.84. The second-order valence-electron chi connectivity index (χ2n) is 6.13. The molecule has 0 N–H and O–H groups in total. The summed E-state index contributed by atoms with van der Waals surface area (Å²) >= 11 is 5.91. The summed E-state index contributed by atoms with van der Waals surface area (Å²) in [4.78, 5) is 12.0. The lowest BCUT2D eigenvalue weighted by atomic mass is 10.2. The van der Waals surface area contributed by atoms with Crippen molar-refractivity contribution in [2.45, 2.75) is 33.1 Å². The maximum absolute atomic E-state index is 12.0. The van der Waals surface area contributed by atoms with Crippen molar-refractivity contribution in [1.82, 2.24) is 0 Å². The molecule has 27 heavy (non-hydrogen) atoms. The first-order valence-corrected chi connectivity index (χ1v) is 9.38. The van der Waals surface area contributed by atoms with Crippen LogP contribution in [0.4, 0.5) is 0 Å². The van der Waals surface area contributed by atoms with Crippen molar-refractivity contribution in [3.63, 3.8) is 0 Å². The number of benzene rings is 2. The maximum atomic E-state index is 12.0. The van der Waals surface area contributed by atoms with Crippen LogP contribution < -0.4 is 14.2 Å². The minimum Gasteiger partial charge on any atom is -0.493 e. The largest absolute Gasteiger partial charge is 0.493 e. The summed E-state index contributed by atoms with van der Waals surface area (Å²) in [5.41, 5.74) is 1.62. The number of aryl methyl sites for hydroxylation is 1. The lowest BCUT2D eigenvalue weighted by Gasteiger charge is -2.11. The summed E-state index contributed by atoms with van der Waals surface area (Å²) in [7, 11) is 1.60. The fourth-order valence-electron chi connectivity index (χ4n) is 2.48. The number of rotatable bonds is 9. The van der Waals surface area contributed by atoms with E-state index in [-0.39, 0.29) is 0 Å². The summed E-state index contributed by atoms with van der Waals surface area (Å²) in [6, 6.07) is 10.7. The maximum Gasteiger partial charge on any atom is 0.336 e. The van der Waals surface area contributed by atoms with Crippen molar-refractivity contribution in [3.8, 4) is 17.2 Å². The number of esters is 1. The number of hydrogen-bond acceptors (Lipinski definition) is 4. The van der Waals surface area contributed by atoms with Crippen LogP contribution in [0.15, 0.2) is 42.5 Å². The Hall–Kier alpha value is -2.46. The lowest BCUT2D eigenvalue weighted by Crippen LogP contribution is -2.04. The highest BCUT2D eigenvalue weighted by atomic mass is 35.5. The van der Waals surface area contributed by atoms with Crippen molar-refractivity contribution >= 4 is 23.6 Å². The highest BCUT2D eigenvalue weighted by molar-refractivity contribution is 6.30. The van der Waals surface area contributed by atoms with E-state index in [0.717, 1.165) is 30.4 Å². The van der Waals surface area contributed by atoms with E-state index in [1.807, 2.05) is 25.1 Å². The van der Waals surface area contributed by atoms with Gasteiger partial charge in [0.15, 0.2) is 11.5 Å². The highest BCUT2D eigenvalue weighted by Gasteiger charge is 2.07. The van der Waals surface area contributed by atoms with Crippen LogP contribution in [0.5, 0.6) is 17.2 Å². The first-order valence-electron chi connectivity index (χ1n) is 9.00. The van der Waals surface area contributed by atoms with Gasteiger partial charge in [-0.3, -0.25) is 0 Å². The average molecular weight is 389 g/mol. The Morgan fingerprint density at radius 1 is 1.07 bits per heavy atom. The van der Waals surface area contributed by atoms with Crippen molar-refractivity contribution < 1.29 is 19.0 Å². The van der Waals surface area contributed by atoms with Crippen LogP contribution in [0.3, 0.4) is 0 Å². The highest BCUT2D eigenvalue weighted by Crippen LogP contribution is 2.29. The molecule has 4 nitrogen and oxygen atoms in total. The van der Waals surface area contributed by atoms with Crippen molar-refractivity contribution in [3.05, 3.63) is 58.6 Å². The van der Waals surface area contributed by atoms with Gasteiger partial charge in [-0.05, 0) is 60.9 Å². The van der Waals surface area contributed by atoms with Crippen molar-refractivity contribution in [1.29, 1.82) is 0 Å². The molecule has 0 atom stereocenters. The Kier molecular flexibility index (Phi) is 8.21. The van der Waals surface area contributed by atoms with Gasteiger partial charge in [-0.1, -0.05) is 37.4 Å². The molecular formula is C22H25ClO4. The monoisotopic (exact) mass is 388 g/mol. The van der Waals surface area contributed by atoms with Gasteiger partial charge in [-0.2, -0.15) is 0 Å². The average Bonchev–Trinajstić information content (AvgIpc) is 2.66. The quantitative estimate of drug-likeness (QED) is 0.234. The molecule has 0 amide bonds. The summed E-state index contributed by atoms with van der Waals surface area (Å²) in [5.74, 6) is 1.36. The van der Waals surface area contributed by atoms with Crippen LogP contribution in [0.1, 0.15) is 37.3 Å². The number of ether oxygens (including phenoxy) is 3. The molecule has 2 aromatic rings. The number of carbonyl (C=O) groups is 1. The van der Waals surface area contributed by atoms with Crippen LogP contribution in [0.25, 0.3) is 6.08 Å². The minimum absolute atomic E-state index is 0.459. The molecule has 0 saturated heterocycles. The Balaban J connectivity index is 1.99. The molecule has 0 radical (unpaired) electrons. The normalized spacial score (nSPS) is 10.8. The standard InChI is InChI=1S/C22H25ClO4/c1-4-5-6-13-26-20-10-7-17(15-21(20)25-3)8-12-22(24)27-19-11-9-18(23)14-16(19)2/h7-12,14-15H,4-6,13H2,1-3H3/b12-8+. The van der Waals surface area contributed by atoms with E-state index in [1.165, 1.54) is 6.08 Å². The second kappa shape index (κ2) is 10.6. The van der Waals surface area contributed by atoms with E-state index in [9.17, 15) is 4.79 Å². The Morgan fingerprint density at radius 2 is 1.85 bits per heavy atom. The van der Waals surface area contributed by atoms with Crippen molar-refractivity contribution in [2.75, 3.05) is 13.7 Å². The zero-order chi connectivity index (χ0) is 19.6. The van der Waals surface area contributed by atoms with Gasteiger partial charge in [0.1, 0.15) is 5.75 Å². The van der Waals surface area contributed by atoms with Crippen LogP contribution in [0.2, 0.25) is 5.02 Å². The van der Waals surface area contributed by atoms with E-state index in [1.54, 1.807) is 31.4 Å². The Morgan fingerprint density at radius 3 is 2.56 bits per heavy atom. The van der Waals surface area contributed by atoms with E-state index < -0.39 is 5.97 Å². The van der Waals surface area contributed by atoms with Gasteiger partial charge in [-0.25, -0.2) is 4.79 Å². The molecule has 0 fully saturated rings. The third-order valence-corrected chi connectivity index (χ3v) is 4.19. The molecule has 0 spiro atoms. The minimum atomic E-state index is -0.459. The molecule has 0 unspecified atom stereocenters. The fraction of sp³-hybridized carbons (Fsp3) is 0.318. The first kappa shape index (κ1) is 20.8. The third-order valence-electron chi connectivity index (χ3n) is 3.95. The number of unbranched alkanes of at least 4 members (excludes halogenated alkanes) is 2. The Labute approximate surface area is 165 Å². The SMILES string of the molecule is CCCCCOc1ccc(/C=C/C(=O)Oc2ccc(Cl)cc2C)cc1OC. The van der Waals surface area contributed by atoms with Gasteiger partial charge in [0.2, 0.25) is 0 Å². The van der Waals surface area contributed by atoms with Crippen LogP contribution in [-0.4, -0.2) is 19.7 Å². The summed E-state index contributed by atoms with van der Waals surface area (Å²) in [6.07, 6.45) is 6.35. The van der Waals surface area contributed by atoms with E-state index in [0.29, 0.717) is 28.9 Å². The molecule has 144 valence electrons. The molecular weight excluding hydrogens is 364 g/mol. The van der Waals surface area contributed by atoms with Gasteiger partial charge in [0, 0.05) is 11.1 Å². The van der Waals surface area contributed by atoms with E-state index in [4.69, 9.17) is 25.8 Å². The summed E-state index contributed by atoms with van der Waals surface area (Å²) in [5, 5.41) is 0.604. The topological polar surface area (TPSA) is 44.8 Å². The molecule has 0 aliphatic carbocycles. The van der Waals surface area contributed by atoms with Gasteiger partial charge in [-0.15, -0.1) is 0 Å². The number of methoxy groups -OCH3 is 1. The van der Waals surface area contributed by atoms with Crippen LogP contribution in [0, 0.1) is 6.92 Å². The van der Waals surface area contributed by atoms with Crippen molar-refractivity contribution in [2.24, 2.45) is 0 Å². The van der Waals surface area contributed by atoms with Crippen LogP contribution >= 0.6 is 11.6 Å². The van der Waals surface area contributed by atoms with Gasteiger partial charge in [0.05, 0.1) is 13.7 Å². The van der Waals surface area contributed by atoms with Gasteiger partial charge in [0.25, 0.3) is 0 Å². The molecule has 0 aliphatic heterocycles. The molecule has 5 heteroatoms. The number of hydrogen-bond donors (Lipinski definition) is 0. The molecule has 0 heterocycles. The molecule has 0 aliphatic rings. The fourth-order valence-corrected chi connectivity index (χ4v) is 2.70. The molecule has 2 aromatic carbocycles. The zero-order valence-electron chi connectivity index (χ0n) is 16.0. The number of carbonyl (C=O) groups excluding carboxylic acids is 1. The molecule has 0 bridgehead atoms. The zero-order valence-corrected chi connectivity index (χ0v) is 16.7. The summed E-state index contributed by atoms with van der Waals surface area (Å²) < 4.78 is 16.5. The second-order valence-corrected chi connectivity index (χ2v) is 6.57. The molecule has 0 saturated carbocycles.